The van der Waals surface area contributed by atoms with Crippen LogP contribution in [0.25, 0.3) is 5.95 Å². The van der Waals surface area contributed by atoms with Gasteiger partial charge in [-0.3, -0.25) is 9.59 Å². The highest BCUT2D eigenvalue weighted by atomic mass is 16.1. The molecule has 0 unspecified atom stereocenters. The zero-order valence-electron chi connectivity index (χ0n) is 16.7. The summed E-state index contributed by atoms with van der Waals surface area (Å²) in [4.78, 5) is 33.3. The van der Waals surface area contributed by atoms with E-state index in [1.54, 1.807) is 28.9 Å². The van der Waals surface area contributed by atoms with Crippen molar-refractivity contribution in [3.05, 3.63) is 64.2 Å². The van der Waals surface area contributed by atoms with Crippen LogP contribution in [0.15, 0.2) is 30.3 Å². The lowest BCUT2D eigenvalue weighted by molar-refractivity contribution is -0.115. The SMILES string of the molecule is CC(=O)c1ccccc1NC(=O)Cc1c(C)nn(-c2nc(C)cc(C)n2)c1C. The lowest BCUT2D eigenvalue weighted by atomic mass is 10.1. The molecule has 0 bridgehead atoms. The van der Waals surface area contributed by atoms with Gasteiger partial charge in [0.25, 0.3) is 5.95 Å². The monoisotopic (exact) mass is 377 g/mol. The number of rotatable bonds is 5. The smallest absolute Gasteiger partial charge is 0.251 e. The average molecular weight is 377 g/mol. The number of aryl methyl sites for hydroxylation is 3. The van der Waals surface area contributed by atoms with Gasteiger partial charge in [0.2, 0.25) is 5.91 Å². The van der Waals surface area contributed by atoms with Crippen LogP contribution in [0.3, 0.4) is 0 Å². The van der Waals surface area contributed by atoms with Gasteiger partial charge in [0, 0.05) is 28.2 Å². The van der Waals surface area contributed by atoms with Gasteiger partial charge in [-0.1, -0.05) is 12.1 Å². The first-order chi connectivity index (χ1) is 13.3. The van der Waals surface area contributed by atoms with Crippen molar-refractivity contribution in [1.82, 2.24) is 19.7 Å². The van der Waals surface area contributed by atoms with Crippen LogP contribution < -0.4 is 5.32 Å². The molecule has 2 heterocycles. The molecular formula is C21H23N5O2. The van der Waals surface area contributed by atoms with Crippen LogP contribution in [0.1, 0.15) is 45.6 Å². The Morgan fingerprint density at radius 2 is 1.68 bits per heavy atom. The number of hydrogen-bond acceptors (Lipinski definition) is 5. The largest absolute Gasteiger partial charge is 0.325 e. The Balaban J connectivity index is 1.86. The minimum atomic E-state index is -0.208. The standard InChI is InChI=1S/C21H23N5O2/c1-12-10-13(2)23-21(22-12)26-15(4)18(14(3)25-26)11-20(28)24-19-9-7-6-8-17(19)16(5)27/h6-10H,11H2,1-5H3,(H,24,28). The molecule has 0 fully saturated rings. The third-order valence-corrected chi connectivity index (χ3v) is 4.52. The molecule has 0 radical (unpaired) electrons. The molecule has 0 aliphatic rings. The van der Waals surface area contributed by atoms with Crippen LogP contribution in [-0.2, 0) is 11.2 Å². The van der Waals surface area contributed by atoms with Crippen molar-refractivity contribution in [2.75, 3.05) is 5.32 Å². The molecule has 3 aromatic rings. The molecule has 0 atom stereocenters. The second kappa shape index (κ2) is 7.72. The maximum absolute atomic E-state index is 12.6. The summed E-state index contributed by atoms with van der Waals surface area (Å²) >= 11 is 0. The minimum Gasteiger partial charge on any atom is -0.325 e. The summed E-state index contributed by atoms with van der Waals surface area (Å²) in [7, 11) is 0. The van der Waals surface area contributed by atoms with Crippen LogP contribution in [0.2, 0.25) is 0 Å². The number of ketones is 1. The number of hydrogen-bond donors (Lipinski definition) is 1. The Kier molecular flexibility index (Phi) is 5.35. The van der Waals surface area contributed by atoms with Gasteiger partial charge in [-0.05, 0) is 52.8 Å². The van der Waals surface area contributed by atoms with Crippen molar-refractivity contribution in [3.8, 4) is 5.95 Å². The number of Topliss-reactive ketones (excluding diaryl/α,β-unsaturated/α-hetero) is 1. The molecule has 0 aliphatic carbocycles. The summed E-state index contributed by atoms with van der Waals surface area (Å²) in [5, 5.41) is 7.36. The van der Waals surface area contributed by atoms with Gasteiger partial charge in [0.15, 0.2) is 5.78 Å². The molecule has 2 aromatic heterocycles. The second-order valence-electron chi connectivity index (χ2n) is 6.84. The van der Waals surface area contributed by atoms with E-state index in [4.69, 9.17) is 0 Å². The molecular weight excluding hydrogens is 354 g/mol. The van der Waals surface area contributed by atoms with Gasteiger partial charge >= 0.3 is 0 Å². The van der Waals surface area contributed by atoms with E-state index in [0.29, 0.717) is 17.2 Å². The molecule has 7 nitrogen and oxygen atoms in total. The number of carbonyl (C=O) groups is 2. The second-order valence-corrected chi connectivity index (χ2v) is 6.84. The number of carbonyl (C=O) groups excluding carboxylic acids is 2. The molecule has 1 amide bonds. The number of amides is 1. The maximum atomic E-state index is 12.6. The van der Waals surface area contributed by atoms with Crippen molar-refractivity contribution in [3.63, 3.8) is 0 Å². The molecule has 7 heteroatoms. The first-order valence-corrected chi connectivity index (χ1v) is 9.04. The maximum Gasteiger partial charge on any atom is 0.251 e. The Morgan fingerprint density at radius 1 is 1.04 bits per heavy atom. The molecule has 1 aromatic carbocycles. The lowest BCUT2D eigenvalue weighted by Crippen LogP contribution is -2.17. The predicted molar refractivity (Wildman–Crippen MR) is 107 cm³/mol. The number of aromatic nitrogens is 4. The van der Waals surface area contributed by atoms with Crippen molar-refractivity contribution < 1.29 is 9.59 Å². The van der Waals surface area contributed by atoms with Gasteiger partial charge in [-0.15, -0.1) is 0 Å². The number of para-hydroxylation sites is 1. The highest BCUT2D eigenvalue weighted by Gasteiger charge is 2.18. The summed E-state index contributed by atoms with van der Waals surface area (Å²) in [6.45, 7) is 9.05. The summed E-state index contributed by atoms with van der Waals surface area (Å²) in [6, 6.07) is 8.88. The van der Waals surface area contributed by atoms with E-state index in [1.807, 2.05) is 33.8 Å². The first-order valence-electron chi connectivity index (χ1n) is 9.04. The van der Waals surface area contributed by atoms with E-state index in [0.717, 1.165) is 28.3 Å². The fraction of sp³-hybridized carbons (Fsp3) is 0.286. The Hall–Kier alpha value is -3.35. The van der Waals surface area contributed by atoms with Gasteiger partial charge in [0.1, 0.15) is 0 Å². The third-order valence-electron chi connectivity index (χ3n) is 4.52. The third kappa shape index (κ3) is 3.98. The molecule has 0 aliphatic heterocycles. The molecule has 28 heavy (non-hydrogen) atoms. The fourth-order valence-corrected chi connectivity index (χ4v) is 3.18. The van der Waals surface area contributed by atoms with Crippen molar-refractivity contribution in [2.24, 2.45) is 0 Å². The zero-order valence-corrected chi connectivity index (χ0v) is 16.7. The average Bonchev–Trinajstić information content (AvgIpc) is 2.89. The fourth-order valence-electron chi connectivity index (χ4n) is 3.18. The molecule has 1 N–H and O–H groups in total. The van der Waals surface area contributed by atoms with Crippen LogP contribution in [0.4, 0.5) is 5.69 Å². The number of nitrogens with zero attached hydrogens (tertiary/aromatic N) is 4. The number of nitrogens with one attached hydrogen (secondary N) is 1. The number of benzene rings is 1. The van der Waals surface area contributed by atoms with E-state index in [-0.39, 0.29) is 18.1 Å². The van der Waals surface area contributed by atoms with Crippen LogP contribution in [0.5, 0.6) is 0 Å². The minimum absolute atomic E-state index is 0.0944. The summed E-state index contributed by atoms with van der Waals surface area (Å²) in [5.41, 5.74) is 5.10. The van der Waals surface area contributed by atoms with E-state index >= 15 is 0 Å². The Morgan fingerprint density at radius 3 is 2.32 bits per heavy atom. The highest BCUT2D eigenvalue weighted by molar-refractivity contribution is 6.04. The van der Waals surface area contributed by atoms with E-state index in [2.05, 4.69) is 20.4 Å². The molecule has 3 rings (SSSR count). The molecule has 0 spiro atoms. The van der Waals surface area contributed by atoms with Crippen LogP contribution in [0, 0.1) is 27.7 Å². The molecule has 144 valence electrons. The Labute approximate surface area is 163 Å². The van der Waals surface area contributed by atoms with Crippen LogP contribution >= 0.6 is 0 Å². The van der Waals surface area contributed by atoms with E-state index in [1.165, 1.54) is 6.92 Å². The quantitative estimate of drug-likeness (QED) is 0.689. The zero-order chi connectivity index (χ0) is 20.4. The number of anilines is 1. The van der Waals surface area contributed by atoms with Crippen molar-refractivity contribution in [1.29, 1.82) is 0 Å². The first kappa shape index (κ1) is 19.4. The van der Waals surface area contributed by atoms with E-state index < -0.39 is 0 Å². The normalized spacial score (nSPS) is 10.8. The van der Waals surface area contributed by atoms with Crippen molar-refractivity contribution in [2.45, 2.75) is 41.0 Å². The van der Waals surface area contributed by atoms with Crippen molar-refractivity contribution >= 4 is 17.4 Å². The van der Waals surface area contributed by atoms with Gasteiger partial charge in [-0.2, -0.15) is 5.10 Å². The predicted octanol–water partition coefficient (Wildman–Crippen LogP) is 3.28. The summed E-state index contributed by atoms with van der Waals surface area (Å²) < 4.78 is 1.67. The topological polar surface area (TPSA) is 89.8 Å². The lowest BCUT2D eigenvalue weighted by Gasteiger charge is -2.09. The molecule has 0 saturated carbocycles. The summed E-state index contributed by atoms with van der Waals surface area (Å²) in [6.07, 6.45) is 0.148. The van der Waals surface area contributed by atoms with Gasteiger partial charge < -0.3 is 5.32 Å². The summed E-state index contributed by atoms with van der Waals surface area (Å²) in [5.74, 6) is 0.190. The Bertz CT molecular complexity index is 1050. The van der Waals surface area contributed by atoms with Gasteiger partial charge in [-0.25, -0.2) is 14.6 Å². The van der Waals surface area contributed by atoms with Crippen LogP contribution in [-0.4, -0.2) is 31.4 Å². The van der Waals surface area contributed by atoms with E-state index in [9.17, 15) is 9.59 Å². The van der Waals surface area contributed by atoms with Gasteiger partial charge in [0.05, 0.1) is 17.8 Å². The highest BCUT2D eigenvalue weighted by Crippen LogP contribution is 2.19. The molecule has 0 saturated heterocycles.